The maximum Gasteiger partial charge on any atom is 0.329 e. The number of amides is 1. The molecule has 1 fully saturated rings. The summed E-state index contributed by atoms with van der Waals surface area (Å²) in [6, 6.07) is 4.95. The van der Waals surface area contributed by atoms with E-state index in [0.717, 1.165) is 5.56 Å². The predicted molar refractivity (Wildman–Crippen MR) is 63.3 cm³/mol. The summed E-state index contributed by atoms with van der Waals surface area (Å²) in [7, 11) is 0. The van der Waals surface area contributed by atoms with E-state index in [0.29, 0.717) is 23.4 Å². The largest absolute Gasteiger partial charge is 0.480 e. The first kappa shape index (κ1) is 11.9. The van der Waals surface area contributed by atoms with Crippen molar-refractivity contribution in [1.82, 2.24) is 5.32 Å². The lowest BCUT2D eigenvalue weighted by Gasteiger charge is -2.12. The molecule has 0 aromatic heterocycles. The van der Waals surface area contributed by atoms with Crippen LogP contribution in [-0.4, -0.2) is 22.5 Å². The van der Waals surface area contributed by atoms with Crippen LogP contribution >= 0.6 is 11.6 Å². The molecule has 1 aromatic rings. The Morgan fingerprint density at radius 1 is 1.35 bits per heavy atom. The van der Waals surface area contributed by atoms with E-state index < -0.39 is 17.4 Å². The molecule has 0 aliphatic heterocycles. The average molecular weight is 254 g/mol. The second kappa shape index (κ2) is 4.04. The van der Waals surface area contributed by atoms with Crippen molar-refractivity contribution < 1.29 is 14.7 Å². The Hall–Kier alpha value is -1.55. The molecule has 2 N–H and O–H groups in total. The fourth-order valence-corrected chi connectivity index (χ4v) is 1.96. The first-order chi connectivity index (χ1) is 7.93. The number of nitrogens with one attached hydrogen (secondary N) is 1. The minimum Gasteiger partial charge on any atom is -0.480 e. The van der Waals surface area contributed by atoms with Crippen LogP contribution in [0.4, 0.5) is 0 Å². The Balaban J connectivity index is 2.18. The standard InChI is InChI=1S/C12H12ClNO3/c1-7-4-8(6-9(13)5-7)10(15)14-12(2-3-12)11(16)17/h4-6H,2-3H2,1H3,(H,14,15)(H,16,17). The summed E-state index contributed by atoms with van der Waals surface area (Å²) >= 11 is 5.85. The molecule has 2 rings (SSSR count). The first-order valence-corrected chi connectivity index (χ1v) is 5.64. The lowest BCUT2D eigenvalue weighted by atomic mass is 10.1. The van der Waals surface area contributed by atoms with Gasteiger partial charge in [-0.25, -0.2) is 4.79 Å². The molecule has 0 spiro atoms. The number of aryl methyl sites for hydroxylation is 1. The van der Waals surface area contributed by atoms with E-state index in [1.165, 1.54) is 6.07 Å². The van der Waals surface area contributed by atoms with Crippen LogP contribution < -0.4 is 5.32 Å². The molecule has 0 saturated heterocycles. The predicted octanol–water partition coefficient (Wildman–Crippen LogP) is 2.00. The van der Waals surface area contributed by atoms with Gasteiger partial charge in [0.25, 0.3) is 5.91 Å². The van der Waals surface area contributed by atoms with Gasteiger partial charge in [-0.1, -0.05) is 11.6 Å². The van der Waals surface area contributed by atoms with Crippen LogP contribution in [0, 0.1) is 6.92 Å². The topological polar surface area (TPSA) is 66.4 Å². The van der Waals surface area contributed by atoms with E-state index in [1.54, 1.807) is 12.1 Å². The van der Waals surface area contributed by atoms with Gasteiger partial charge in [-0.15, -0.1) is 0 Å². The third kappa shape index (κ3) is 2.42. The summed E-state index contributed by atoms with van der Waals surface area (Å²) in [5, 5.41) is 12.0. The maximum absolute atomic E-state index is 11.9. The number of hydrogen-bond donors (Lipinski definition) is 2. The number of hydrogen-bond acceptors (Lipinski definition) is 2. The summed E-state index contributed by atoms with van der Waals surface area (Å²) < 4.78 is 0. The van der Waals surface area contributed by atoms with Gasteiger partial charge >= 0.3 is 5.97 Å². The molecule has 90 valence electrons. The monoisotopic (exact) mass is 253 g/mol. The maximum atomic E-state index is 11.9. The first-order valence-electron chi connectivity index (χ1n) is 5.26. The summed E-state index contributed by atoms with van der Waals surface area (Å²) in [5.74, 6) is -1.37. The van der Waals surface area contributed by atoms with Crippen molar-refractivity contribution in [3.8, 4) is 0 Å². The van der Waals surface area contributed by atoms with Gasteiger partial charge in [0, 0.05) is 10.6 Å². The van der Waals surface area contributed by atoms with Gasteiger partial charge in [-0.05, 0) is 43.5 Å². The fraction of sp³-hybridized carbons (Fsp3) is 0.333. The van der Waals surface area contributed by atoms with E-state index in [1.807, 2.05) is 6.92 Å². The summed E-state index contributed by atoms with van der Waals surface area (Å²) in [6.07, 6.45) is 0.960. The third-order valence-corrected chi connectivity index (χ3v) is 3.03. The Bertz CT molecular complexity index is 474. The van der Waals surface area contributed by atoms with Crippen LogP contribution in [0.15, 0.2) is 18.2 Å². The van der Waals surface area contributed by atoms with Crippen LogP contribution in [0.1, 0.15) is 28.8 Å². The normalized spacial score (nSPS) is 16.4. The van der Waals surface area contributed by atoms with Crippen LogP contribution in [-0.2, 0) is 4.79 Å². The number of carbonyl (C=O) groups is 2. The molecule has 0 unspecified atom stereocenters. The van der Waals surface area contributed by atoms with Crippen LogP contribution in [0.25, 0.3) is 0 Å². The molecular weight excluding hydrogens is 242 g/mol. The van der Waals surface area contributed by atoms with Gasteiger partial charge in [0.15, 0.2) is 0 Å². The summed E-state index contributed by atoms with van der Waals surface area (Å²) in [4.78, 5) is 22.8. The van der Waals surface area contributed by atoms with Crippen molar-refractivity contribution in [2.75, 3.05) is 0 Å². The third-order valence-electron chi connectivity index (χ3n) is 2.82. The van der Waals surface area contributed by atoms with Crippen molar-refractivity contribution in [2.45, 2.75) is 25.3 Å². The molecule has 0 bridgehead atoms. The van der Waals surface area contributed by atoms with E-state index in [2.05, 4.69) is 5.32 Å². The number of aliphatic carboxylic acids is 1. The van der Waals surface area contributed by atoms with Gasteiger partial charge in [0.1, 0.15) is 5.54 Å². The average Bonchev–Trinajstić information content (AvgIpc) is 2.97. The second-order valence-corrected chi connectivity index (χ2v) is 4.80. The molecule has 1 amide bonds. The molecule has 1 aliphatic carbocycles. The number of rotatable bonds is 3. The van der Waals surface area contributed by atoms with Gasteiger partial charge in [0.05, 0.1) is 0 Å². The molecular formula is C12H12ClNO3. The van der Waals surface area contributed by atoms with Crippen LogP contribution in [0.5, 0.6) is 0 Å². The Morgan fingerprint density at radius 2 is 2.00 bits per heavy atom. The van der Waals surface area contributed by atoms with Crippen molar-refractivity contribution in [3.05, 3.63) is 34.3 Å². The number of carbonyl (C=O) groups excluding carboxylic acids is 1. The Labute approximate surface area is 104 Å². The molecule has 0 atom stereocenters. The van der Waals surface area contributed by atoms with Gasteiger partial charge in [-0.3, -0.25) is 4.79 Å². The molecule has 0 heterocycles. The minimum absolute atomic E-state index is 0.391. The Kier molecular flexibility index (Phi) is 2.83. The van der Waals surface area contributed by atoms with Gasteiger partial charge in [0.2, 0.25) is 0 Å². The zero-order chi connectivity index (χ0) is 12.6. The molecule has 5 heteroatoms. The summed E-state index contributed by atoms with van der Waals surface area (Å²) in [5.41, 5.74) is 0.193. The zero-order valence-electron chi connectivity index (χ0n) is 9.29. The molecule has 17 heavy (non-hydrogen) atoms. The highest BCUT2D eigenvalue weighted by molar-refractivity contribution is 6.31. The van der Waals surface area contributed by atoms with Crippen LogP contribution in [0.3, 0.4) is 0 Å². The van der Waals surface area contributed by atoms with Crippen molar-refractivity contribution in [3.63, 3.8) is 0 Å². The highest BCUT2D eigenvalue weighted by Gasteiger charge is 2.51. The number of halogens is 1. The van der Waals surface area contributed by atoms with E-state index in [4.69, 9.17) is 16.7 Å². The molecule has 1 saturated carbocycles. The highest BCUT2D eigenvalue weighted by Crippen LogP contribution is 2.35. The van der Waals surface area contributed by atoms with E-state index in [9.17, 15) is 9.59 Å². The lowest BCUT2D eigenvalue weighted by molar-refractivity contribution is -0.140. The van der Waals surface area contributed by atoms with E-state index >= 15 is 0 Å². The number of carboxylic acid groups (broad SMARTS) is 1. The van der Waals surface area contributed by atoms with E-state index in [-0.39, 0.29) is 0 Å². The lowest BCUT2D eigenvalue weighted by Crippen LogP contribution is -2.43. The number of carboxylic acids is 1. The Morgan fingerprint density at radius 3 is 2.47 bits per heavy atom. The zero-order valence-corrected chi connectivity index (χ0v) is 10.0. The molecule has 1 aliphatic rings. The smallest absolute Gasteiger partial charge is 0.329 e. The molecule has 4 nitrogen and oxygen atoms in total. The van der Waals surface area contributed by atoms with Crippen molar-refractivity contribution >= 4 is 23.5 Å². The van der Waals surface area contributed by atoms with Crippen molar-refractivity contribution in [1.29, 1.82) is 0 Å². The van der Waals surface area contributed by atoms with Gasteiger partial charge < -0.3 is 10.4 Å². The van der Waals surface area contributed by atoms with Crippen LogP contribution in [0.2, 0.25) is 5.02 Å². The second-order valence-electron chi connectivity index (χ2n) is 4.36. The highest BCUT2D eigenvalue weighted by atomic mass is 35.5. The minimum atomic E-state index is -1.06. The van der Waals surface area contributed by atoms with Crippen molar-refractivity contribution in [2.24, 2.45) is 0 Å². The molecule has 0 radical (unpaired) electrons. The summed E-state index contributed by atoms with van der Waals surface area (Å²) in [6.45, 7) is 1.83. The SMILES string of the molecule is Cc1cc(Cl)cc(C(=O)NC2(C(=O)O)CC2)c1. The number of benzene rings is 1. The quantitative estimate of drug-likeness (QED) is 0.866. The van der Waals surface area contributed by atoms with Gasteiger partial charge in [-0.2, -0.15) is 0 Å². The fourth-order valence-electron chi connectivity index (χ4n) is 1.67. The molecule has 1 aromatic carbocycles.